The van der Waals surface area contributed by atoms with Gasteiger partial charge in [-0.3, -0.25) is 0 Å². The summed E-state index contributed by atoms with van der Waals surface area (Å²) in [7, 11) is 0. The van der Waals surface area contributed by atoms with Crippen LogP contribution in [0.25, 0.3) is 0 Å². The highest BCUT2D eigenvalue weighted by Crippen LogP contribution is 2.12. The van der Waals surface area contributed by atoms with Crippen LogP contribution in [0.2, 0.25) is 0 Å². The smallest absolute Gasteiger partial charge is 0.410 e. The van der Waals surface area contributed by atoms with Crippen LogP contribution in [-0.2, 0) is 17.7 Å². The van der Waals surface area contributed by atoms with E-state index in [4.69, 9.17) is 16.2 Å². The van der Waals surface area contributed by atoms with E-state index >= 15 is 0 Å². The molecule has 2 rings (SSSR count). The van der Waals surface area contributed by atoms with Crippen LogP contribution in [0, 0.1) is 0 Å². The zero-order valence-corrected chi connectivity index (χ0v) is 14.8. The van der Waals surface area contributed by atoms with Gasteiger partial charge in [0.1, 0.15) is 0 Å². The van der Waals surface area contributed by atoms with Crippen LogP contribution in [0.1, 0.15) is 30.9 Å². The van der Waals surface area contributed by atoms with E-state index in [1.165, 1.54) is 0 Å². The van der Waals surface area contributed by atoms with Gasteiger partial charge in [0, 0.05) is 24.5 Å². The van der Waals surface area contributed by atoms with E-state index in [1.54, 1.807) is 4.90 Å². The lowest BCUT2D eigenvalue weighted by molar-refractivity contribution is 0.0988. The highest BCUT2D eigenvalue weighted by atomic mass is 16.6. The van der Waals surface area contributed by atoms with Gasteiger partial charge in [0.25, 0.3) is 0 Å². The Morgan fingerprint density at radius 1 is 0.960 bits per heavy atom. The van der Waals surface area contributed by atoms with Crippen molar-refractivity contribution in [3.8, 4) is 0 Å². The first-order chi connectivity index (χ1) is 12.1. The Labute approximate surface area is 149 Å². The zero-order valence-electron chi connectivity index (χ0n) is 14.8. The summed E-state index contributed by atoms with van der Waals surface area (Å²) in [5.74, 6) is 0. The lowest BCUT2D eigenvalue weighted by Crippen LogP contribution is -2.33. The predicted octanol–water partition coefficient (Wildman–Crippen LogP) is 3.83. The molecule has 0 unspecified atom stereocenters. The Morgan fingerprint density at radius 2 is 1.52 bits per heavy atom. The summed E-state index contributed by atoms with van der Waals surface area (Å²) in [6.45, 7) is 3.61. The van der Waals surface area contributed by atoms with Crippen molar-refractivity contribution in [2.24, 2.45) is 0 Å². The molecule has 2 aromatic rings. The number of carbonyl (C=O) groups excluding carboxylic acids is 1. The quantitative estimate of drug-likeness (QED) is 0.565. The molecule has 0 heterocycles. The number of nitrogen functional groups attached to an aromatic ring is 2. The maximum absolute atomic E-state index is 12.4. The van der Waals surface area contributed by atoms with Crippen molar-refractivity contribution in [1.29, 1.82) is 0 Å². The lowest BCUT2D eigenvalue weighted by atomic mass is 10.1. The third-order valence-corrected chi connectivity index (χ3v) is 3.98. The first-order valence-electron chi connectivity index (χ1n) is 8.69. The number of hydrogen-bond acceptors (Lipinski definition) is 4. The lowest BCUT2D eigenvalue weighted by Gasteiger charge is -2.22. The van der Waals surface area contributed by atoms with E-state index in [0.717, 1.165) is 36.1 Å². The molecule has 2 aromatic carbocycles. The first kappa shape index (κ1) is 18.6. The standard InChI is InChI=1S/C20H27N3O2/c1-2-3-14-25-20(24)23(15-17-6-10-19(22)11-7-17)13-12-16-4-8-18(21)9-5-16/h4-11H,2-3,12-15,21-22H2,1H3. The molecule has 0 aliphatic carbocycles. The van der Waals surface area contributed by atoms with E-state index in [-0.39, 0.29) is 6.09 Å². The number of nitrogens with two attached hydrogens (primary N) is 2. The third kappa shape index (κ3) is 6.37. The summed E-state index contributed by atoms with van der Waals surface area (Å²) >= 11 is 0. The number of anilines is 2. The number of rotatable bonds is 8. The number of nitrogens with zero attached hydrogens (tertiary/aromatic N) is 1. The number of hydrogen-bond donors (Lipinski definition) is 2. The fourth-order valence-corrected chi connectivity index (χ4v) is 2.42. The van der Waals surface area contributed by atoms with Gasteiger partial charge < -0.3 is 21.1 Å². The van der Waals surface area contributed by atoms with Gasteiger partial charge in [-0.1, -0.05) is 37.6 Å². The number of carbonyl (C=O) groups is 1. The van der Waals surface area contributed by atoms with Crippen LogP contribution in [-0.4, -0.2) is 24.1 Å². The van der Waals surface area contributed by atoms with E-state index in [1.807, 2.05) is 48.5 Å². The van der Waals surface area contributed by atoms with Gasteiger partial charge in [0.2, 0.25) is 0 Å². The molecule has 0 aliphatic heterocycles. The van der Waals surface area contributed by atoms with Crippen LogP contribution >= 0.6 is 0 Å². The van der Waals surface area contributed by atoms with Gasteiger partial charge in [-0.15, -0.1) is 0 Å². The van der Waals surface area contributed by atoms with Crippen molar-refractivity contribution in [1.82, 2.24) is 4.90 Å². The topological polar surface area (TPSA) is 81.6 Å². The summed E-state index contributed by atoms with van der Waals surface area (Å²) < 4.78 is 5.39. The minimum atomic E-state index is -0.277. The van der Waals surface area contributed by atoms with Gasteiger partial charge in [0.05, 0.1) is 6.61 Å². The monoisotopic (exact) mass is 341 g/mol. The number of amides is 1. The predicted molar refractivity (Wildman–Crippen MR) is 102 cm³/mol. The fourth-order valence-electron chi connectivity index (χ4n) is 2.42. The summed E-state index contributed by atoms with van der Waals surface area (Å²) in [4.78, 5) is 14.2. The van der Waals surface area contributed by atoms with E-state index in [2.05, 4.69) is 6.92 Å². The highest BCUT2D eigenvalue weighted by molar-refractivity contribution is 5.67. The molecule has 0 spiro atoms. The summed E-state index contributed by atoms with van der Waals surface area (Å²) in [6, 6.07) is 15.3. The van der Waals surface area contributed by atoms with Gasteiger partial charge in [-0.2, -0.15) is 0 Å². The Balaban J connectivity index is 2.00. The Bertz CT molecular complexity index is 654. The number of ether oxygens (including phenoxy) is 1. The molecule has 0 fully saturated rings. The van der Waals surface area contributed by atoms with Crippen LogP contribution in [0.5, 0.6) is 0 Å². The molecule has 5 heteroatoms. The molecule has 1 amide bonds. The molecule has 0 aliphatic rings. The highest BCUT2D eigenvalue weighted by Gasteiger charge is 2.15. The van der Waals surface area contributed by atoms with Gasteiger partial charge in [-0.05, 0) is 48.2 Å². The van der Waals surface area contributed by atoms with Crippen molar-refractivity contribution >= 4 is 17.5 Å². The molecule has 134 valence electrons. The minimum Gasteiger partial charge on any atom is -0.449 e. The number of unbranched alkanes of at least 4 members (excludes halogenated alkanes) is 1. The zero-order chi connectivity index (χ0) is 18.1. The van der Waals surface area contributed by atoms with Crippen molar-refractivity contribution in [2.45, 2.75) is 32.7 Å². The molecule has 0 bridgehead atoms. The second-order valence-corrected chi connectivity index (χ2v) is 6.12. The molecule has 0 atom stereocenters. The van der Waals surface area contributed by atoms with E-state index in [0.29, 0.717) is 25.4 Å². The fraction of sp³-hybridized carbons (Fsp3) is 0.350. The SMILES string of the molecule is CCCCOC(=O)N(CCc1ccc(N)cc1)Cc1ccc(N)cc1. The summed E-state index contributed by atoms with van der Waals surface area (Å²) in [5.41, 5.74) is 15.1. The molecule has 0 saturated carbocycles. The van der Waals surface area contributed by atoms with E-state index in [9.17, 15) is 4.79 Å². The van der Waals surface area contributed by atoms with E-state index < -0.39 is 0 Å². The van der Waals surface area contributed by atoms with Crippen molar-refractivity contribution in [2.75, 3.05) is 24.6 Å². The van der Waals surface area contributed by atoms with Gasteiger partial charge >= 0.3 is 6.09 Å². The molecular weight excluding hydrogens is 314 g/mol. The molecule has 4 N–H and O–H groups in total. The minimum absolute atomic E-state index is 0.277. The van der Waals surface area contributed by atoms with Crippen molar-refractivity contribution < 1.29 is 9.53 Å². The third-order valence-electron chi connectivity index (χ3n) is 3.98. The maximum atomic E-state index is 12.4. The number of benzene rings is 2. The van der Waals surface area contributed by atoms with Crippen LogP contribution in [0.4, 0.5) is 16.2 Å². The molecule has 5 nitrogen and oxygen atoms in total. The largest absolute Gasteiger partial charge is 0.449 e. The normalized spacial score (nSPS) is 10.4. The molecule has 0 aromatic heterocycles. The van der Waals surface area contributed by atoms with Crippen molar-refractivity contribution in [3.05, 3.63) is 59.7 Å². The second-order valence-electron chi connectivity index (χ2n) is 6.12. The molecule has 25 heavy (non-hydrogen) atoms. The average Bonchev–Trinajstić information content (AvgIpc) is 2.61. The Hall–Kier alpha value is -2.69. The summed E-state index contributed by atoms with van der Waals surface area (Å²) in [6.07, 6.45) is 2.34. The summed E-state index contributed by atoms with van der Waals surface area (Å²) in [5, 5.41) is 0. The molecule has 0 radical (unpaired) electrons. The molecule has 0 saturated heterocycles. The van der Waals surface area contributed by atoms with Crippen LogP contribution in [0.15, 0.2) is 48.5 Å². The average molecular weight is 341 g/mol. The maximum Gasteiger partial charge on any atom is 0.410 e. The van der Waals surface area contributed by atoms with Crippen molar-refractivity contribution in [3.63, 3.8) is 0 Å². The Morgan fingerprint density at radius 3 is 2.08 bits per heavy atom. The van der Waals surface area contributed by atoms with Crippen LogP contribution < -0.4 is 11.5 Å². The molecular formula is C20H27N3O2. The van der Waals surface area contributed by atoms with Gasteiger partial charge in [-0.25, -0.2) is 4.79 Å². The van der Waals surface area contributed by atoms with Crippen LogP contribution in [0.3, 0.4) is 0 Å². The first-order valence-corrected chi connectivity index (χ1v) is 8.69. The van der Waals surface area contributed by atoms with Gasteiger partial charge in [0.15, 0.2) is 0 Å². The second kappa shape index (κ2) is 9.57. The Kier molecular flexibility index (Phi) is 7.14.